The molecule has 0 aliphatic carbocycles. The lowest BCUT2D eigenvalue weighted by Crippen LogP contribution is -2.46. The summed E-state index contributed by atoms with van der Waals surface area (Å²) in [4.78, 5) is 42.2. The number of Topliss-reactive ketones (excluding diaryl/α,β-unsaturated/α-hetero) is 1. The number of likely N-dealkylation sites (tertiary alicyclic amines) is 2. The number of para-hydroxylation sites is 1. The van der Waals surface area contributed by atoms with Crippen molar-refractivity contribution in [1.29, 1.82) is 0 Å². The minimum atomic E-state index is -0.736. The van der Waals surface area contributed by atoms with Gasteiger partial charge in [-0.25, -0.2) is 0 Å². The van der Waals surface area contributed by atoms with Crippen LogP contribution in [-0.4, -0.2) is 78.0 Å². The van der Waals surface area contributed by atoms with Gasteiger partial charge in [0.15, 0.2) is 0 Å². The van der Waals surface area contributed by atoms with Crippen molar-refractivity contribution in [3.05, 3.63) is 95.1 Å². The highest BCUT2D eigenvalue weighted by atomic mass is 16.5. The first-order chi connectivity index (χ1) is 21.8. The van der Waals surface area contributed by atoms with Crippen molar-refractivity contribution >= 4 is 17.7 Å². The molecular weight excluding hydrogens is 568 g/mol. The first-order valence-electron chi connectivity index (χ1n) is 15.9. The molecule has 8 nitrogen and oxygen atoms in total. The Morgan fingerprint density at radius 2 is 1.60 bits per heavy atom. The molecule has 3 aromatic rings. The Balaban J connectivity index is 1.24. The van der Waals surface area contributed by atoms with Crippen molar-refractivity contribution in [1.82, 2.24) is 9.80 Å². The van der Waals surface area contributed by atoms with Gasteiger partial charge in [-0.3, -0.25) is 14.4 Å². The van der Waals surface area contributed by atoms with Crippen LogP contribution < -0.4 is 9.47 Å². The molecule has 0 aromatic heterocycles. The fourth-order valence-corrected chi connectivity index (χ4v) is 6.66. The fourth-order valence-electron chi connectivity index (χ4n) is 6.66. The third kappa shape index (κ3) is 8.94. The standard InChI is InChI=1S/C37H44N2O6/c1-26-8-6-7-9-29(26)21-32(40)22-30-13-12-28(18-35(30)44-2)19-36(41)39-25-34(45-33-10-4-3-5-11-33)23-31(39)24-38-16-14-27(15-17-38)20-37(42)43/h3-13,18,27,31,34H,14-17,19-25H2,1-2H3,(H,42,43). The highest BCUT2D eigenvalue weighted by molar-refractivity contribution is 5.84. The molecule has 3 aromatic carbocycles. The molecule has 2 atom stereocenters. The third-order valence-corrected chi connectivity index (χ3v) is 9.13. The highest BCUT2D eigenvalue weighted by Gasteiger charge is 2.38. The maximum atomic E-state index is 13.8. The van der Waals surface area contributed by atoms with E-state index in [1.165, 1.54) is 0 Å². The van der Waals surface area contributed by atoms with Crippen molar-refractivity contribution in [3.63, 3.8) is 0 Å². The molecule has 2 unspecified atom stereocenters. The second-order valence-corrected chi connectivity index (χ2v) is 12.5. The lowest BCUT2D eigenvalue weighted by molar-refractivity contribution is -0.138. The summed E-state index contributed by atoms with van der Waals surface area (Å²) in [7, 11) is 1.60. The van der Waals surface area contributed by atoms with Gasteiger partial charge in [-0.15, -0.1) is 0 Å². The van der Waals surface area contributed by atoms with Crippen LogP contribution in [0.3, 0.4) is 0 Å². The van der Waals surface area contributed by atoms with Gasteiger partial charge >= 0.3 is 5.97 Å². The number of benzene rings is 3. The smallest absolute Gasteiger partial charge is 0.303 e. The van der Waals surface area contributed by atoms with Gasteiger partial charge in [-0.05, 0) is 73.7 Å². The summed E-state index contributed by atoms with van der Waals surface area (Å²) in [5.41, 5.74) is 3.79. The van der Waals surface area contributed by atoms with E-state index in [2.05, 4.69) is 4.90 Å². The Kier molecular flexibility index (Phi) is 10.9. The van der Waals surface area contributed by atoms with Crippen LogP contribution in [-0.2, 0) is 33.6 Å². The van der Waals surface area contributed by atoms with E-state index < -0.39 is 5.97 Å². The molecule has 238 valence electrons. The molecule has 0 spiro atoms. The third-order valence-electron chi connectivity index (χ3n) is 9.13. The van der Waals surface area contributed by atoms with E-state index in [1.54, 1.807) is 7.11 Å². The van der Waals surface area contributed by atoms with Crippen molar-refractivity contribution in [3.8, 4) is 11.5 Å². The molecule has 8 heteroatoms. The molecular formula is C37H44N2O6. The number of ketones is 1. The zero-order valence-corrected chi connectivity index (χ0v) is 26.3. The number of methoxy groups -OCH3 is 1. The molecule has 2 aliphatic heterocycles. The number of carbonyl (C=O) groups is 3. The summed E-state index contributed by atoms with van der Waals surface area (Å²) in [6, 6.07) is 23.3. The van der Waals surface area contributed by atoms with Crippen molar-refractivity contribution < 1.29 is 29.0 Å². The maximum absolute atomic E-state index is 13.8. The van der Waals surface area contributed by atoms with Crippen LogP contribution in [0, 0.1) is 12.8 Å². The van der Waals surface area contributed by atoms with Crippen LogP contribution in [0.25, 0.3) is 0 Å². The van der Waals surface area contributed by atoms with Crippen molar-refractivity contribution in [2.75, 3.05) is 33.3 Å². The Labute approximate surface area is 265 Å². The summed E-state index contributed by atoms with van der Waals surface area (Å²) in [5, 5.41) is 9.18. The van der Waals surface area contributed by atoms with E-state index in [1.807, 2.05) is 84.6 Å². The summed E-state index contributed by atoms with van der Waals surface area (Å²) in [6.45, 7) is 4.94. The molecule has 0 bridgehead atoms. The van der Waals surface area contributed by atoms with Crippen LogP contribution in [0.5, 0.6) is 11.5 Å². The normalized spacial score (nSPS) is 18.9. The average Bonchev–Trinajstić information content (AvgIpc) is 3.42. The molecule has 45 heavy (non-hydrogen) atoms. The zero-order valence-electron chi connectivity index (χ0n) is 26.3. The topological polar surface area (TPSA) is 96.4 Å². The molecule has 2 aliphatic rings. The zero-order chi connectivity index (χ0) is 31.8. The SMILES string of the molecule is COc1cc(CC(=O)N2CC(Oc3ccccc3)CC2CN2CCC(CC(=O)O)CC2)ccc1CC(=O)Cc1ccccc1C. The number of nitrogens with zero attached hydrogens (tertiary/aromatic N) is 2. The number of amides is 1. The number of piperidine rings is 1. The van der Waals surface area contributed by atoms with Gasteiger partial charge in [0, 0.05) is 43.8 Å². The number of carbonyl (C=O) groups excluding carboxylic acids is 2. The Morgan fingerprint density at radius 3 is 2.31 bits per heavy atom. The number of aryl methyl sites for hydroxylation is 1. The lowest BCUT2D eigenvalue weighted by atomic mass is 9.93. The van der Waals surface area contributed by atoms with Gasteiger partial charge in [-0.2, -0.15) is 0 Å². The second kappa shape index (κ2) is 15.2. The summed E-state index contributed by atoms with van der Waals surface area (Å²) < 4.78 is 12.0. The predicted octanol–water partition coefficient (Wildman–Crippen LogP) is 5.14. The average molecular weight is 613 g/mol. The van der Waals surface area contributed by atoms with E-state index in [-0.39, 0.29) is 49.0 Å². The second-order valence-electron chi connectivity index (χ2n) is 12.5. The minimum absolute atomic E-state index is 0.00229. The van der Waals surface area contributed by atoms with E-state index in [0.717, 1.165) is 66.9 Å². The molecule has 2 saturated heterocycles. The highest BCUT2D eigenvalue weighted by Crippen LogP contribution is 2.28. The van der Waals surface area contributed by atoms with Crippen LogP contribution in [0.4, 0.5) is 0 Å². The van der Waals surface area contributed by atoms with E-state index in [9.17, 15) is 19.5 Å². The quantitative estimate of drug-likeness (QED) is 0.286. The largest absolute Gasteiger partial charge is 0.496 e. The van der Waals surface area contributed by atoms with Crippen LogP contribution in [0.15, 0.2) is 72.8 Å². The molecule has 0 saturated carbocycles. The predicted molar refractivity (Wildman–Crippen MR) is 173 cm³/mol. The number of rotatable bonds is 13. The molecule has 2 heterocycles. The summed E-state index contributed by atoms with van der Waals surface area (Å²) in [6.07, 6.45) is 3.42. The van der Waals surface area contributed by atoms with Gasteiger partial charge in [0.1, 0.15) is 23.4 Å². The van der Waals surface area contributed by atoms with Crippen LogP contribution in [0.1, 0.15) is 47.9 Å². The van der Waals surface area contributed by atoms with Crippen LogP contribution in [0.2, 0.25) is 0 Å². The minimum Gasteiger partial charge on any atom is -0.496 e. The Morgan fingerprint density at radius 1 is 0.889 bits per heavy atom. The summed E-state index contributed by atoms with van der Waals surface area (Å²) >= 11 is 0. The van der Waals surface area contributed by atoms with Gasteiger partial charge in [0.05, 0.1) is 20.1 Å². The number of hydrogen-bond acceptors (Lipinski definition) is 6. The lowest BCUT2D eigenvalue weighted by Gasteiger charge is -2.35. The van der Waals surface area contributed by atoms with Crippen LogP contribution >= 0.6 is 0 Å². The number of aliphatic carboxylic acids is 1. The van der Waals surface area contributed by atoms with Gasteiger partial charge in [-0.1, -0.05) is 54.6 Å². The molecule has 1 N–H and O–H groups in total. The maximum Gasteiger partial charge on any atom is 0.303 e. The monoisotopic (exact) mass is 612 g/mol. The molecule has 2 fully saturated rings. The molecule has 0 radical (unpaired) electrons. The summed E-state index contributed by atoms with van der Waals surface area (Å²) in [5.74, 6) is 1.03. The number of carboxylic acid groups (broad SMARTS) is 1. The number of ether oxygens (including phenoxy) is 2. The number of hydrogen-bond donors (Lipinski definition) is 1. The van der Waals surface area contributed by atoms with Gasteiger partial charge in [0.2, 0.25) is 5.91 Å². The van der Waals surface area contributed by atoms with E-state index >= 15 is 0 Å². The van der Waals surface area contributed by atoms with Gasteiger partial charge < -0.3 is 24.4 Å². The van der Waals surface area contributed by atoms with Crippen molar-refractivity contribution in [2.24, 2.45) is 5.92 Å². The van der Waals surface area contributed by atoms with E-state index in [4.69, 9.17) is 9.47 Å². The molecule has 5 rings (SSSR count). The Hall–Kier alpha value is -4.17. The first-order valence-corrected chi connectivity index (χ1v) is 15.9. The van der Waals surface area contributed by atoms with E-state index in [0.29, 0.717) is 18.7 Å². The number of carboxylic acids is 1. The first kappa shape index (κ1) is 32.2. The Bertz CT molecular complexity index is 1470. The van der Waals surface area contributed by atoms with Gasteiger partial charge in [0.25, 0.3) is 0 Å². The fraction of sp³-hybridized carbons (Fsp3) is 0.432. The van der Waals surface area contributed by atoms with Crippen molar-refractivity contribution in [2.45, 2.75) is 64.0 Å². The molecule has 1 amide bonds.